The maximum atomic E-state index is 12.0. The lowest BCUT2D eigenvalue weighted by molar-refractivity contribution is -0.122. The molecule has 1 aliphatic carbocycles. The van der Waals surface area contributed by atoms with Gasteiger partial charge in [-0.25, -0.2) is 0 Å². The Morgan fingerprint density at radius 3 is 2.35 bits per heavy atom. The van der Waals surface area contributed by atoms with Crippen molar-refractivity contribution in [2.24, 2.45) is 5.92 Å². The lowest BCUT2D eigenvalue weighted by Crippen LogP contribution is -2.47. The smallest absolute Gasteiger partial charge is 0.236 e. The third-order valence-corrected chi connectivity index (χ3v) is 3.95. The maximum absolute atomic E-state index is 12.0. The first kappa shape index (κ1) is 15.0. The van der Waals surface area contributed by atoms with Crippen LogP contribution in [0.15, 0.2) is 24.3 Å². The fourth-order valence-electron chi connectivity index (χ4n) is 2.74. The quantitative estimate of drug-likeness (QED) is 0.835. The molecule has 0 saturated heterocycles. The summed E-state index contributed by atoms with van der Waals surface area (Å²) >= 11 is 0. The Morgan fingerprint density at radius 1 is 1.20 bits per heavy atom. The highest BCUT2D eigenvalue weighted by Crippen LogP contribution is 2.21. The molecule has 1 unspecified atom stereocenters. The number of amides is 1. The molecule has 1 aliphatic rings. The molecule has 1 aromatic rings. The minimum atomic E-state index is -0.124. The molecule has 1 amide bonds. The van der Waals surface area contributed by atoms with E-state index in [0.717, 1.165) is 25.8 Å². The lowest BCUT2D eigenvalue weighted by Gasteiger charge is -2.19. The predicted molar refractivity (Wildman–Crippen MR) is 82.7 cm³/mol. The van der Waals surface area contributed by atoms with Gasteiger partial charge in [0, 0.05) is 12.6 Å². The molecule has 2 rings (SSSR count). The second-order valence-electron chi connectivity index (χ2n) is 6.24. The van der Waals surface area contributed by atoms with Crippen molar-refractivity contribution >= 4 is 5.91 Å². The number of carbonyl (C=O) groups excluding carboxylic acids is 1. The van der Waals surface area contributed by atoms with Crippen LogP contribution in [0.2, 0.25) is 0 Å². The first-order chi connectivity index (χ1) is 9.56. The second-order valence-corrected chi connectivity index (χ2v) is 6.24. The van der Waals surface area contributed by atoms with Gasteiger partial charge in [0.05, 0.1) is 6.04 Å². The van der Waals surface area contributed by atoms with E-state index in [1.807, 2.05) is 6.92 Å². The van der Waals surface area contributed by atoms with Crippen LogP contribution >= 0.6 is 0 Å². The topological polar surface area (TPSA) is 41.1 Å². The Hall–Kier alpha value is -1.35. The van der Waals surface area contributed by atoms with E-state index in [1.54, 1.807) is 0 Å². The Labute approximate surface area is 122 Å². The number of carbonyl (C=O) groups is 1. The number of rotatable bonds is 6. The number of benzene rings is 1. The molecule has 0 aromatic heterocycles. The zero-order valence-electron chi connectivity index (χ0n) is 12.8. The third kappa shape index (κ3) is 4.07. The first-order valence-corrected chi connectivity index (χ1v) is 7.66. The number of fused-ring (bicyclic) bond motifs is 1. The molecule has 110 valence electrons. The molecule has 20 heavy (non-hydrogen) atoms. The van der Waals surface area contributed by atoms with E-state index in [-0.39, 0.29) is 11.9 Å². The van der Waals surface area contributed by atoms with Gasteiger partial charge < -0.3 is 10.6 Å². The van der Waals surface area contributed by atoms with Crippen LogP contribution in [-0.2, 0) is 17.6 Å². The monoisotopic (exact) mass is 274 g/mol. The fourth-order valence-corrected chi connectivity index (χ4v) is 2.74. The highest BCUT2D eigenvalue weighted by Gasteiger charge is 2.24. The summed E-state index contributed by atoms with van der Waals surface area (Å²) < 4.78 is 0. The minimum Gasteiger partial charge on any atom is -0.355 e. The summed E-state index contributed by atoms with van der Waals surface area (Å²) in [4.78, 5) is 12.0. The van der Waals surface area contributed by atoms with Crippen molar-refractivity contribution < 1.29 is 4.79 Å². The van der Waals surface area contributed by atoms with Gasteiger partial charge in [0.25, 0.3) is 0 Å². The zero-order valence-corrected chi connectivity index (χ0v) is 12.8. The number of hydrogen-bond acceptors (Lipinski definition) is 2. The molecular weight excluding hydrogens is 248 g/mol. The van der Waals surface area contributed by atoms with E-state index in [9.17, 15) is 4.79 Å². The summed E-state index contributed by atoms with van der Waals surface area (Å²) in [5, 5.41) is 6.46. The first-order valence-electron chi connectivity index (χ1n) is 7.66. The van der Waals surface area contributed by atoms with Gasteiger partial charge in [-0.3, -0.25) is 4.79 Å². The predicted octanol–water partition coefficient (Wildman–Crippen LogP) is 2.29. The van der Waals surface area contributed by atoms with Gasteiger partial charge in [-0.15, -0.1) is 0 Å². The summed E-state index contributed by atoms with van der Waals surface area (Å²) in [6, 6.07) is 8.81. The van der Waals surface area contributed by atoms with Gasteiger partial charge in [0.1, 0.15) is 0 Å². The van der Waals surface area contributed by atoms with Crippen molar-refractivity contribution in [1.82, 2.24) is 10.6 Å². The Bertz CT molecular complexity index is 431. The molecule has 3 heteroatoms. The van der Waals surface area contributed by atoms with Crippen LogP contribution in [0.1, 0.15) is 38.3 Å². The van der Waals surface area contributed by atoms with Crippen molar-refractivity contribution in [3.63, 3.8) is 0 Å². The molecule has 1 atom stereocenters. The van der Waals surface area contributed by atoms with Gasteiger partial charge in [0.15, 0.2) is 0 Å². The highest BCUT2D eigenvalue weighted by molar-refractivity contribution is 5.81. The Balaban J connectivity index is 1.76. The molecule has 3 nitrogen and oxygen atoms in total. The maximum Gasteiger partial charge on any atom is 0.236 e. The molecular formula is C17H26N2O. The average Bonchev–Trinajstić information content (AvgIpc) is 2.80. The van der Waals surface area contributed by atoms with Crippen molar-refractivity contribution in [2.45, 2.75) is 52.1 Å². The molecule has 0 fully saturated rings. The van der Waals surface area contributed by atoms with Crippen LogP contribution in [0.3, 0.4) is 0 Å². The largest absolute Gasteiger partial charge is 0.355 e. The van der Waals surface area contributed by atoms with E-state index < -0.39 is 0 Å². The van der Waals surface area contributed by atoms with Gasteiger partial charge >= 0.3 is 0 Å². The van der Waals surface area contributed by atoms with Gasteiger partial charge in [-0.05, 0) is 43.2 Å². The fraction of sp³-hybridized carbons (Fsp3) is 0.588. The molecule has 1 aromatic carbocycles. The normalized spacial score (nSPS) is 16.2. The van der Waals surface area contributed by atoms with Crippen LogP contribution < -0.4 is 10.6 Å². The molecule has 0 spiro atoms. The summed E-state index contributed by atoms with van der Waals surface area (Å²) in [5.74, 6) is 0.740. The third-order valence-electron chi connectivity index (χ3n) is 3.95. The van der Waals surface area contributed by atoms with Crippen LogP contribution in [0.25, 0.3) is 0 Å². The van der Waals surface area contributed by atoms with Crippen molar-refractivity contribution in [3.8, 4) is 0 Å². The van der Waals surface area contributed by atoms with Crippen molar-refractivity contribution in [2.75, 3.05) is 6.54 Å². The van der Waals surface area contributed by atoms with Crippen LogP contribution in [0, 0.1) is 5.92 Å². The summed E-state index contributed by atoms with van der Waals surface area (Å²) in [6.07, 6.45) is 3.09. The summed E-state index contributed by atoms with van der Waals surface area (Å²) in [6.45, 7) is 7.06. The van der Waals surface area contributed by atoms with E-state index in [0.29, 0.717) is 12.0 Å². The van der Waals surface area contributed by atoms with Crippen LogP contribution in [0.4, 0.5) is 0 Å². The standard InChI is InChI=1S/C17H26N2O/c1-12(2)8-9-18-17(20)13(3)19-16-10-14-6-4-5-7-15(14)11-16/h4-7,12-13,16,19H,8-11H2,1-3H3,(H,18,20). The van der Waals surface area contributed by atoms with Crippen molar-refractivity contribution in [1.29, 1.82) is 0 Å². The highest BCUT2D eigenvalue weighted by atomic mass is 16.2. The SMILES string of the molecule is CC(C)CCNC(=O)C(C)NC1Cc2ccccc2C1. The molecule has 0 saturated carbocycles. The minimum absolute atomic E-state index is 0.113. The number of nitrogens with one attached hydrogen (secondary N) is 2. The molecule has 0 heterocycles. The Kier molecular flexibility index (Phi) is 5.18. The van der Waals surface area contributed by atoms with E-state index >= 15 is 0 Å². The summed E-state index contributed by atoms with van der Waals surface area (Å²) in [5.41, 5.74) is 2.83. The van der Waals surface area contributed by atoms with Gasteiger partial charge in [-0.2, -0.15) is 0 Å². The summed E-state index contributed by atoms with van der Waals surface area (Å²) in [7, 11) is 0. The van der Waals surface area contributed by atoms with Crippen LogP contribution in [0.5, 0.6) is 0 Å². The van der Waals surface area contributed by atoms with Gasteiger partial charge in [-0.1, -0.05) is 38.1 Å². The molecule has 0 radical (unpaired) electrons. The number of hydrogen-bond donors (Lipinski definition) is 2. The molecule has 0 aliphatic heterocycles. The second kappa shape index (κ2) is 6.89. The lowest BCUT2D eigenvalue weighted by atomic mass is 10.1. The molecule has 0 bridgehead atoms. The Morgan fingerprint density at radius 2 is 1.80 bits per heavy atom. The molecule has 2 N–H and O–H groups in total. The van der Waals surface area contributed by atoms with E-state index in [4.69, 9.17) is 0 Å². The van der Waals surface area contributed by atoms with Gasteiger partial charge in [0.2, 0.25) is 5.91 Å². The van der Waals surface area contributed by atoms with Crippen LogP contribution in [-0.4, -0.2) is 24.5 Å². The van der Waals surface area contributed by atoms with Crippen molar-refractivity contribution in [3.05, 3.63) is 35.4 Å². The zero-order chi connectivity index (χ0) is 14.5. The van der Waals surface area contributed by atoms with E-state index in [1.165, 1.54) is 11.1 Å². The average molecular weight is 274 g/mol. The van der Waals surface area contributed by atoms with E-state index in [2.05, 4.69) is 48.7 Å².